The van der Waals surface area contributed by atoms with Crippen molar-refractivity contribution < 1.29 is 9.50 Å². The molecular weight excluding hydrogens is 219 g/mol. The topological polar surface area (TPSA) is 35.5 Å². The van der Waals surface area contributed by atoms with Crippen LogP contribution in [0.25, 0.3) is 0 Å². The maximum Gasteiger partial charge on any atom is 0.123 e. The third-order valence-corrected chi connectivity index (χ3v) is 3.31. The molecule has 2 atom stereocenters. The van der Waals surface area contributed by atoms with Crippen molar-refractivity contribution in [1.29, 1.82) is 0 Å². The van der Waals surface area contributed by atoms with E-state index in [-0.39, 0.29) is 18.0 Å². The number of benzene rings is 1. The Kier molecular flexibility index (Phi) is 4.10. The summed E-state index contributed by atoms with van der Waals surface area (Å²) < 4.78 is 12.8. The molecule has 0 aliphatic carbocycles. The zero-order valence-corrected chi connectivity index (χ0v) is 10.1. The molecule has 3 nitrogen and oxygen atoms in total. The number of aliphatic hydroxyl groups excluding tert-OH is 1. The lowest BCUT2D eigenvalue weighted by Gasteiger charge is -2.23. The number of β-amino-alcohol motifs (C(OH)–C–C–N with tert-alkyl or cyclic N) is 1. The van der Waals surface area contributed by atoms with Gasteiger partial charge in [-0.1, -0.05) is 12.1 Å². The molecule has 4 heteroatoms. The fourth-order valence-corrected chi connectivity index (χ4v) is 2.29. The molecule has 94 valence electrons. The zero-order valence-electron chi connectivity index (χ0n) is 10.1. The van der Waals surface area contributed by atoms with Gasteiger partial charge < -0.3 is 10.4 Å². The molecule has 1 saturated heterocycles. The van der Waals surface area contributed by atoms with E-state index in [1.807, 2.05) is 19.2 Å². The maximum absolute atomic E-state index is 12.8. The number of rotatable bonds is 4. The lowest BCUT2D eigenvalue weighted by molar-refractivity contribution is 0.173. The summed E-state index contributed by atoms with van der Waals surface area (Å²) in [6.07, 6.45) is 0.653. The monoisotopic (exact) mass is 238 g/mol. The molecule has 2 rings (SSSR count). The summed E-state index contributed by atoms with van der Waals surface area (Å²) in [4.78, 5) is 2.23. The fourth-order valence-electron chi connectivity index (χ4n) is 2.29. The molecule has 1 fully saturated rings. The second kappa shape index (κ2) is 5.58. The molecule has 1 aliphatic rings. The van der Waals surface area contributed by atoms with E-state index in [0.717, 1.165) is 31.6 Å². The van der Waals surface area contributed by atoms with Crippen molar-refractivity contribution in [2.45, 2.75) is 18.6 Å². The number of nitrogens with zero attached hydrogens (tertiary/aromatic N) is 1. The largest absolute Gasteiger partial charge is 0.392 e. The van der Waals surface area contributed by atoms with Crippen LogP contribution in [0.4, 0.5) is 4.39 Å². The van der Waals surface area contributed by atoms with Gasteiger partial charge in [-0.25, -0.2) is 4.39 Å². The van der Waals surface area contributed by atoms with Gasteiger partial charge in [-0.05, 0) is 31.2 Å². The quantitative estimate of drug-likeness (QED) is 0.826. The first-order chi connectivity index (χ1) is 8.19. The van der Waals surface area contributed by atoms with E-state index in [2.05, 4.69) is 10.2 Å². The van der Waals surface area contributed by atoms with E-state index in [4.69, 9.17) is 0 Å². The van der Waals surface area contributed by atoms with Gasteiger partial charge in [0.05, 0.1) is 6.10 Å². The van der Waals surface area contributed by atoms with Crippen LogP contribution in [0.5, 0.6) is 0 Å². The van der Waals surface area contributed by atoms with Gasteiger partial charge in [-0.2, -0.15) is 0 Å². The molecule has 0 aromatic heterocycles. The normalized spacial score (nSPS) is 22.9. The second-order valence-electron chi connectivity index (χ2n) is 4.59. The predicted octanol–water partition coefficient (Wildman–Crippen LogP) is 1.15. The van der Waals surface area contributed by atoms with E-state index in [9.17, 15) is 9.50 Å². The van der Waals surface area contributed by atoms with Crippen molar-refractivity contribution in [1.82, 2.24) is 10.2 Å². The first kappa shape index (κ1) is 12.5. The molecule has 2 N–H and O–H groups in total. The molecule has 17 heavy (non-hydrogen) atoms. The molecular formula is C13H19FN2O. The van der Waals surface area contributed by atoms with Crippen LogP contribution < -0.4 is 5.32 Å². The van der Waals surface area contributed by atoms with Crippen molar-refractivity contribution in [3.8, 4) is 0 Å². The summed E-state index contributed by atoms with van der Waals surface area (Å²) >= 11 is 0. The Labute approximate surface area is 101 Å². The molecule has 0 saturated carbocycles. The van der Waals surface area contributed by atoms with Crippen molar-refractivity contribution in [3.63, 3.8) is 0 Å². The minimum Gasteiger partial charge on any atom is -0.392 e. The lowest BCUT2D eigenvalue weighted by Crippen LogP contribution is -2.33. The van der Waals surface area contributed by atoms with Crippen LogP contribution in [0.15, 0.2) is 24.3 Å². The number of nitrogens with one attached hydrogen (secondary N) is 1. The van der Waals surface area contributed by atoms with Crippen molar-refractivity contribution in [3.05, 3.63) is 35.6 Å². The third-order valence-electron chi connectivity index (χ3n) is 3.31. The lowest BCUT2D eigenvalue weighted by atomic mass is 10.1. The summed E-state index contributed by atoms with van der Waals surface area (Å²) in [6, 6.07) is 6.77. The van der Waals surface area contributed by atoms with Gasteiger partial charge in [0.2, 0.25) is 0 Å². The SMILES string of the molecule is CN[C@H](CN1CCC(O)C1)c1ccc(F)cc1. The minimum atomic E-state index is -0.208. The predicted molar refractivity (Wildman–Crippen MR) is 65.3 cm³/mol. The summed E-state index contributed by atoms with van der Waals surface area (Å²) in [5, 5.41) is 12.7. The van der Waals surface area contributed by atoms with Crippen LogP contribution in [0, 0.1) is 5.82 Å². The molecule has 0 bridgehead atoms. The summed E-state index contributed by atoms with van der Waals surface area (Å²) in [6.45, 7) is 2.51. The minimum absolute atomic E-state index is 0.181. The van der Waals surface area contributed by atoms with Crippen LogP contribution >= 0.6 is 0 Å². The third kappa shape index (κ3) is 3.25. The first-order valence-corrected chi connectivity index (χ1v) is 6.02. The maximum atomic E-state index is 12.8. The van der Waals surface area contributed by atoms with Crippen LogP contribution in [0.2, 0.25) is 0 Å². The number of halogens is 1. The summed E-state index contributed by atoms with van der Waals surface area (Å²) in [7, 11) is 1.90. The van der Waals surface area contributed by atoms with Gasteiger partial charge in [-0.15, -0.1) is 0 Å². The molecule has 1 aliphatic heterocycles. The smallest absolute Gasteiger partial charge is 0.123 e. The van der Waals surface area contributed by atoms with Crippen molar-refractivity contribution >= 4 is 0 Å². The van der Waals surface area contributed by atoms with Gasteiger partial charge >= 0.3 is 0 Å². The van der Waals surface area contributed by atoms with Crippen molar-refractivity contribution in [2.24, 2.45) is 0 Å². The molecule has 0 amide bonds. The van der Waals surface area contributed by atoms with Crippen LogP contribution in [0.3, 0.4) is 0 Å². The van der Waals surface area contributed by atoms with E-state index in [1.165, 1.54) is 12.1 Å². The van der Waals surface area contributed by atoms with Gasteiger partial charge in [0.15, 0.2) is 0 Å². The average molecular weight is 238 g/mol. The molecule has 0 radical (unpaired) electrons. The standard InChI is InChI=1S/C13H19FN2O/c1-15-13(9-16-7-6-12(17)8-16)10-2-4-11(14)5-3-10/h2-5,12-13,15,17H,6-9H2,1H3/t12?,13-/m1/s1. The Hall–Kier alpha value is -0.970. The Morgan fingerprint density at radius 2 is 2.18 bits per heavy atom. The molecule has 1 aromatic rings. The highest BCUT2D eigenvalue weighted by Crippen LogP contribution is 2.17. The van der Waals surface area contributed by atoms with Gasteiger partial charge in [0.25, 0.3) is 0 Å². The van der Waals surface area contributed by atoms with E-state index in [1.54, 1.807) is 0 Å². The van der Waals surface area contributed by atoms with E-state index < -0.39 is 0 Å². The fraction of sp³-hybridized carbons (Fsp3) is 0.538. The Morgan fingerprint density at radius 1 is 1.47 bits per heavy atom. The van der Waals surface area contributed by atoms with Crippen LogP contribution in [0.1, 0.15) is 18.0 Å². The number of likely N-dealkylation sites (tertiary alicyclic amines) is 1. The second-order valence-corrected chi connectivity index (χ2v) is 4.59. The highest BCUT2D eigenvalue weighted by molar-refractivity contribution is 5.20. The van der Waals surface area contributed by atoms with Crippen molar-refractivity contribution in [2.75, 3.05) is 26.7 Å². The zero-order chi connectivity index (χ0) is 12.3. The Balaban J connectivity index is 1.98. The summed E-state index contributed by atoms with van der Waals surface area (Å²) in [5.74, 6) is -0.208. The van der Waals surface area contributed by atoms with Crippen LogP contribution in [-0.2, 0) is 0 Å². The van der Waals surface area contributed by atoms with Gasteiger partial charge in [-0.3, -0.25) is 4.90 Å². The molecule has 0 spiro atoms. The number of aliphatic hydroxyl groups is 1. The van der Waals surface area contributed by atoms with Gasteiger partial charge in [0, 0.05) is 25.7 Å². The van der Waals surface area contributed by atoms with E-state index >= 15 is 0 Å². The number of hydrogen-bond acceptors (Lipinski definition) is 3. The Bertz CT molecular complexity index is 355. The average Bonchev–Trinajstić information content (AvgIpc) is 2.73. The Morgan fingerprint density at radius 3 is 2.71 bits per heavy atom. The first-order valence-electron chi connectivity index (χ1n) is 6.02. The highest BCUT2D eigenvalue weighted by Gasteiger charge is 2.22. The van der Waals surface area contributed by atoms with Gasteiger partial charge in [0.1, 0.15) is 5.82 Å². The summed E-state index contributed by atoms with van der Waals surface area (Å²) in [5.41, 5.74) is 1.08. The number of likely N-dealkylation sites (N-methyl/N-ethyl adjacent to an activating group) is 1. The molecule has 1 unspecified atom stereocenters. The highest BCUT2D eigenvalue weighted by atomic mass is 19.1. The number of hydrogen-bond donors (Lipinski definition) is 2. The molecule has 1 aromatic carbocycles. The van der Waals surface area contributed by atoms with E-state index in [0.29, 0.717) is 0 Å². The molecule has 1 heterocycles. The van der Waals surface area contributed by atoms with Crippen LogP contribution in [-0.4, -0.2) is 42.8 Å².